The fourth-order valence-electron chi connectivity index (χ4n) is 1.99. The molecule has 1 heterocycles. The number of aromatic nitrogens is 2. The molecule has 0 radical (unpaired) electrons. The molecule has 0 unspecified atom stereocenters. The summed E-state index contributed by atoms with van der Waals surface area (Å²) in [5.41, 5.74) is 0. The van der Waals surface area contributed by atoms with E-state index in [0.717, 1.165) is 6.54 Å². The number of nitrogens with zero attached hydrogens (tertiary/aromatic N) is 2. The number of rotatable bonds is 6. The van der Waals surface area contributed by atoms with Crippen LogP contribution in [0.5, 0.6) is 0 Å². The van der Waals surface area contributed by atoms with Crippen molar-refractivity contribution in [3.63, 3.8) is 0 Å². The zero-order valence-corrected chi connectivity index (χ0v) is 13.2. The van der Waals surface area contributed by atoms with Gasteiger partial charge in [-0.05, 0) is 45.2 Å². The molecule has 0 atom stereocenters. The zero-order chi connectivity index (χ0) is 12.2. The van der Waals surface area contributed by atoms with Gasteiger partial charge in [-0.3, -0.25) is 0 Å². The maximum absolute atomic E-state index is 6.30. The van der Waals surface area contributed by atoms with E-state index in [4.69, 9.17) is 4.12 Å². The van der Waals surface area contributed by atoms with Gasteiger partial charge in [-0.15, -0.1) is 0 Å². The quantitative estimate of drug-likeness (QED) is 0.730. The van der Waals surface area contributed by atoms with Crippen LogP contribution in [-0.4, -0.2) is 26.2 Å². The van der Waals surface area contributed by atoms with Crippen LogP contribution < -0.4 is 0 Å². The molecule has 0 N–H and O–H groups in total. The molecule has 0 saturated heterocycles. The summed E-state index contributed by atoms with van der Waals surface area (Å²) in [5, 5.41) is 0. The summed E-state index contributed by atoms with van der Waals surface area (Å²) in [6.45, 7) is 12.6. The summed E-state index contributed by atoms with van der Waals surface area (Å²) < 4.78 is 8.44. The minimum atomic E-state index is -1.44. The van der Waals surface area contributed by atoms with Gasteiger partial charge in [-0.2, -0.15) is 0 Å². The predicted octanol–water partition coefficient (Wildman–Crippen LogP) is 3.33. The molecule has 0 fully saturated rings. The van der Waals surface area contributed by atoms with Crippen LogP contribution in [0.25, 0.3) is 0 Å². The Morgan fingerprint density at radius 1 is 1.19 bits per heavy atom. The van der Waals surface area contributed by atoms with Crippen LogP contribution in [0.4, 0.5) is 0 Å². The Balaban J connectivity index is 2.31. The standard InChI is InChI=1S/C11H24N2OSi2/c1-15(2,3)14-16(4,5)10-6-8-13-9-7-12-11-13/h7,9,11H,6,8,10H2,1-5H3. The fourth-order valence-corrected chi connectivity index (χ4v) is 10.0. The van der Waals surface area contributed by atoms with Gasteiger partial charge in [0.25, 0.3) is 0 Å². The average Bonchev–Trinajstić information content (AvgIpc) is 2.51. The van der Waals surface area contributed by atoms with Gasteiger partial charge in [-0.1, -0.05) is 0 Å². The first kappa shape index (κ1) is 13.7. The van der Waals surface area contributed by atoms with E-state index in [1.807, 2.05) is 18.7 Å². The third-order valence-electron chi connectivity index (χ3n) is 2.34. The third kappa shape index (κ3) is 5.62. The highest BCUT2D eigenvalue weighted by atomic mass is 28.4. The Bertz CT molecular complexity index is 304. The lowest BCUT2D eigenvalue weighted by Gasteiger charge is -2.31. The maximum Gasteiger partial charge on any atom is 0.173 e. The molecule has 0 bridgehead atoms. The summed E-state index contributed by atoms with van der Waals surface area (Å²) >= 11 is 0. The number of hydrogen-bond donors (Lipinski definition) is 0. The summed E-state index contributed by atoms with van der Waals surface area (Å²) in [6, 6.07) is 1.23. The van der Waals surface area contributed by atoms with Crippen LogP contribution in [-0.2, 0) is 10.7 Å². The predicted molar refractivity (Wildman–Crippen MR) is 73.6 cm³/mol. The largest absolute Gasteiger partial charge is 0.456 e. The molecular formula is C11H24N2OSi2. The molecule has 5 heteroatoms. The van der Waals surface area contributed by atoms with Gasteiger partial charge in [0.05, 0.1) is 6.33 Å². The molecule has 3 nitrogen and oxygen atoms in total. The maximum atomic E-state index is 6.30. The molecule has 16 heavy (non-hydrogen) atoms. The molecule has 0 amide bonds. The smallest absolute Gasteiger partial charge is 0.173 e. The highest BCUT2D eigenvalue weighted by molar-refractivity contribution is 6.84. The number of hydrogen-bond acceptors (Lipinski definition) is 2. The van der Waals surface area contributed by atoms with Crippen LogP contribution in [0.1, 0.15) is 6.42 Å². The lowest BCUT2D eigenvalue weighted by molar-refractivity contribution is 0.536. The molecule has 92 valence electrons. The summed E-state index contributed by atoms with van der Waals surface area (Å²) in [5.74, 6) is 0. The van der Waals surface area contributed by atoms with E-state index >= 15 is 0 Å². The van der Waals surface area contributed by atoms with Crippen molar-refractivity contribution in [2.45, 2.75) is 51.7 Å². The highest BCUT2D eigenvalue weighted by Crippen LogP contribution is 2.20. The second kappa shape index (κ2) is 5.29. The summed E-state index contributed by atoms with van der Waals surface area (Å²) in [6.07, 6.45) is 6.93. The monoisotopic (exact) mass is 256 g/mol. The van der Waals surface area contributed by atoms with Crippen LogP contribution in [0, 0.1) is 0 Å². The lowest BCUT2D eigenvalue weighted by atomic mass is 10.5. The van der Waals surface area contributed by atoms with E-state index in [9.17, 15) is 0 Å². The van der Waals surface area contributed by atoms with E-state index < -0.39 is 16.6 Å². The van der Waals surface area contributed by atoms with Crippen LogP contribution in [0.2, 0.25) is 38.8 Å². The third-order valence-corrected chi connectivity index (χ3v) is 8.55. The van der Waals surface area contributed by atoms with Crippen LogP contribution in [0.3, 0.4) is 0 Å². The first-order valence-electron chi connectivity index (χ1n) is 5.94. The Labute approximate surface area is 101 Å². The van der Waals surface area contributed by atoms with Crippen molar-refractivity contribution < 1.29 is 4.12 Å². The molecule has 1 aromatic heterocycles. The molecule has 1 rings (SSSR count). The summed E-state index contributed by atoms with van der Waals surface area (Å²) in [4.78, 5) is 4.05. The van der Waals surface area contributed by atoms with Crippen molar-refractivity contribution in [3.8, 4) is 0 Å². The van der Waals surface area contributed by atoms with Crippen molar-refractivity contribution in [3.05, 3.63) is 18.7 Å². The van der Waals surface area contributed by atoms with Crippen molar-refractivity contribution in [2.75, 3.05) is 0 Å². The second-order valence-electron chi connectivity index (χ2n) is 5.88. The molecule has 0 aliphatic carbocycles. The Kier molecular flexibility index (Phi) is 4.52. The fraction of sp³-hybridized carbons (Fsp3) is 0.727. The minimum Gasteiger partial charge on any atom is -0.456 e. The van der Waals surface area contributed by atoms with E-state index in [1.165, 1.54) is 12.5 Å². The molecule has 0 spiro atoms. The molecule has 0 aromatic carbocycles. The Hall–Kier alpha value is -0.396. The van der Waals surface area contributed by atoms with Gasteiger partial charge in [0.1, 0.15) is 0 Å². The molecule has 0 aliphatic rings. The zero-order valence-electron chi connectivity index (χ0n) is 11.2. The van der Waals surface area contributed by atoms with E-state index in [0.29, 0.717) is 0 Å². The molecule has 0 aliphatic heterocycles. The summed E-state index contributed by atoms with van der Waals surface area (Å²) in [7, 11) is -2.81. The SMILES string of the molecule is C[Si](C)(C)O[Si](C)(C)CCCn1ccnc1. The first-order valence-corrected chi connectivity index (χ1v) is 12.5. The van der Waals surface area contributed by atoms with Crippen LogP contribution in [0.15, 0.2) is 18.7 Å². The molecular weight excluding hydrogens is 232 g/mol. The van der Waals surface area contributed by atoms with E-state index in [-0.39, 0.29) is 0 Å². The van der Waals surface area contributed by atoms with Crippen LogP contribution >= 0.6 is 0 Å². The van der Waals surface area contributed by atoms with Gasteiger partial charge < -0.3 is 8.68 Å². The number of imidazole rings is 1. The first-order chi connectivity index (χ1) is 7.29. The van der Waals surface area contributed by atoms with Gasteiger partial charge in [0.15, 0.2) is 16.6 Å². The normalized spacial score (nSPS) is 13.1. The van der Waals surface area contributed by atoms with Crippen molar-refractivity contribution in [1.82, 2.24) is 9.55 Å². The molecule has 0 saturated carbocycles. The van der Waals surface area contributed by atoms with Crippen molar-refractivity contribution in [1.29, 1.82) is 0 Å². The topological polar surface area (TPSA) is 27.1 Å². The second-order valence-corrected chi connectivity index (χ2v) is 14.9. The molecule has 1 aromatic rings. The van der Waals surface area contributed by atoms with Gasteiger partial charge in [0, 0.05) is 18.9 Å². The van der Waals surface area contributed by atoms with E-state index in [1.54, 1.807) is 0 Å². The van der Waals surface area contributed by atoms with E-state index in [2.05, 4.69) is 42.3 Å². The highest BCUT2D eigenvalue weighted by Gasteiger charge is 2.28. The Morgan fingerprint density at radius 3 is 2.38 bits per heavy atom. The number of aryl methyl sites for hydroxylation is 1. The van der Waals surface area contributed by atoms with Crippen molar-refractivity contribution >= 4 is 16.6 Å². The average molecular weight is 256 g/mol. The van der Waals surface area contributed by atoms with Gasteiger partial charge in [0.2, 0.25) is 0 Å². The van der Waals surface area contributed by atoms with Gasteiger partial charge in [-0.25, -0.2) is 4.98 Å². The minimum absolute atomic E-state index is 1.06. The van der Waals surface area contributed by atoms with Crippen molar-refractivity contribution in [2.24, 2.45) is 0 Å². The Morgan fingerprint density at radius 2 is 1.88 bits per heavy atom. The van der Waals surface area contributed by atoms with Gasteiger partial charge >= 0.3 is 0 Å². The lowest BCUT2D eigenvalue weighted by Crippen LogP contribution is -2.42.